The molecular weight excluding hydrogens is 372 g/mol. The predicted molar refractivity (Wildman–Crippen MR) is 111 cm³/mol. The summed E-state index contributed by atoms with van der Waals surface area (Å²) in [4.78, 5) is 35.5. The maximum absolute atomic E-state index is 12.7. The molecule has 2 aromatic carbocycles. The predicted octanol–water partition coefficient (Wildman–Crippen LogP) is 2.63. The van der Waals surface area contributed by atoms with Crippen LogP contribution in [0.2, 0.25) is 0 Å². The van der Waals surface area contributed by atoms with E-state index in [9.17, 15) is 19.7 Å². The number of hydrogen-bond acceptors (Lipinski definition) is 5. The lowest BCUT2D eigenvalue weighted by Gasteiger charge is -2.25. The van der Waals surface area contributed by atoms with E-state index >= 15 is 0 Å². The van der Waals surface area contributed by atoms with Crippen LogP contribution in [-0.4, -0.2) is 28.8 Å². The van der Waals surface area contributed by atoms with Gasteiger partial charge in [-0.3, -0.25) is 19.7 Å². The standard InChI is InChI=1S/C21H26N4O4/c1-3-14(2)19(21(27)23-16-9-11-17(12-10-16)25(28)29)24-20(26)18(22)13-15-7-5-4-6-8-15/h4-12,14,18-19H,3,13,22H2,1-2H3,(H,23,27)(H,24,26)/t14-,18-,19-/m0/s1. The maximum Gasteiger partial charge on any atom is 0.269 e. The Morgan fingerprint density at radius 3 is 2.24 bits per heavy atom. The van der Waals surface area contributed by atoms with Gasteiger partial charge in [0.2, 0.25) is 11.8 Å². The van der Waals surface area contributed by atoms with E-state index in [0.29, 0.717) is 18.5 Å². The van der Waals surface area contributed by atoms with E-state index in [2.05, 4.69) is 10.6 Å². The molecule has 0 fully saturated rings. The summed E-state index contributed by atoms with van der Waals surface area (Å²) in [6.45, 7) is 3.79. The van der Waals surface area contributed by atoms with E-state index in [1.54, 1.807) is 0 Å². The smallest absolute Gasteiger partial charge is 0.269 e. The molecule has 3 atom stereocenters. The minimum Gasteiger partial charge on any atom is -0.343 e. The number of nitrogens with two attached hydrogens (primary N) is 1. The van der Waals surface area contributed by atoms with Gasteiger partial charge in [0.1, 0.15) is 6.04 Å². The first-order chi connectivity index (χ1) is 13.8. The minimum absolute atomic E-state index is 0.0679. The topological polar surface area (TPSA) is 127 Å². The lowest BCUT2D eigenvalue weighted by Crippen LogP contribution is -2.53. The summed E-state index contributed by atoms with van der Waals surface area (Å²) in [6, 6.07) is 13.4. The normalized spacial score (nSPS) is 13.8. The van der Waals surface area contributed by atoms with E-state index in [4.69, 9.17) is 5.73 Å². The highest BCUT2D eigenvalue weighted by Crippen LogP contribution is 2.17. The van der Waals surface area contributed by atoms with Gasteiger partial charge in [-0.2, -0.15) is 0 Å². The first-order valence-electron chi connectivity index (χ1n) is 9.47. The molecule has 0 radical (unpaired) electrons. The average molecular weight is 398 g/mol. The molecule has 29 heavy (non-hydrogen) atoms. The zero-order valence-corrected chi connectivity index (χ0v) is 16.5. The number of hydrogen-bond donors (Lipinski definition) is 3. The minimum atomic E-state index is -0.781. The largest absolute Gasteiger partial charge is 0.343 e. The van der Waals surface area contributed by atoms with Gasteiger partial charge in [0, 0.05) is 17.8 Å². The van der Waals surface area contributed by atoms with Gasteiger partial charge < -0.3 is 16.4 Å². The second kappa shape index (κ2) is 10.3. The highest BCUT2D eigenvalue weighted by atomic mass is 16.6. The molecule has 0 spiro atoms. The molecule has 2 amide bonds. The number of nitro groups is 1. The van der Waals surface area contributed by atoms with Crippen LogP contribution in [0.3, 0.4) is 0 Å². The molecule has 0 unspecified atom stereocenters. The third-order valence-corrected chi connectivity index (χ3v) is 4.77. The van der Waals surface area contributed by atoms with Gasteiger partial charge in [-0.05, 0) is 30.0 Å². The van der Waals surface area contributed by atoms with Gasteiger partial charge in [-0.15, -0.1) is 0 Å². The molecule has 0 aliphatic heterocycles. The summed E-state index contributed by atoms with van der Waals surface area (Å²) in [7, 11) is 0. The molecule has 8 nitrogen and oxygen atoms in total. The highest BCUT2D eigenvalue weighted by Gasteiger charge is 2.28. The number of carbonyl (C=O) groups is 2. The second-order valence-corrected chi connectivity index (χ2v) is 6.96. The fourth-order valence-corrected chi connectivity index (χ4v) is 2.81. The van der Waals surface area contributed by atoms with Crippen molar-refractivity contribution in [2.75, 3.05) is 5.32 Å². The summed E-state index contributed by atoms with van der Waals surface area (Å²) in [5.74, 6) is -0.924. The number of nitrogens with zero attached hydrogens (tertiary/aromatic N) is 1. The van der Waals surface area contributed by atoms with Crippen molar-refractivity contribution in [3.8, 4) is 0 Å². The molecule has 8 heteroatoms. The summed E-state index contributed by atoms with van der Waals surface area (Å²) < 4.78 is 0. The van der Waals surface area contributed by atoms with E-state index in [-0.39, 0.29) is 11.6 Å². The Balaban J connectivity index is 2.04. The van der Waals surface area contributed by atoms with Crippen molar-refractivity contribution < 1.29 is 14.5 Å². The quantitative estimate of drug-likeness (QED) is 0.442. The number of nitrogens with one attached hydrogen (secondary N) is 2. The van der Waals surface area contributed by atoms with Crippen molar-refractivity contribution in [3.63, 3.8) is 0 Å². The SMILES string of the molecule is CC[C@H](C)[C@H](NC(=O)[C@@H](N)Cc1ccccc1)C(=O)Nc1ccc([N+](=O)[O-])cc1. The van der Waals surface area contributed by atoms with Gasteiger partial charge in [0.25, 0.3) is 5.69 Å². The van der Waals surface area contributed by atoms with Gasteiger partial charge >= 0.3 is 0 Å². The fourth-order valence-electron chi connectivity index (χ4n) is 2.81. The Labute approximate surface area is 169 Å². The Hall–Kier alpha value is -3.26. The monoisotopic (exact) mass is 398 g/mol. The number of rotatable bonds is 9. The second-order valence-electron chi connectivity index (χ2n) is 6.96. The number of benzene rings is 2. The van der Waals surface area contributed by atoms with Crippen molar-refractivity contribution in [1.82, 2.24) is 5.32 Å². The lowest BCUT2D eigenvalue weighted by molar-refractivity contribution is -0.384. The first-order valence-corrected chi connectivity index (χ1v) is 9.47. The Kier molecular flexibility index (Phi) is 7.85. The molecular formula is C21H26N4O4. The fraction of sp³-hybridized carbons (Fsp3) is 0.333. The Morgan fingerprint density at radius 1 is 1.07 bits per heavy atom. The van der Waals surface area contributed by atoms with Crippen LogP contribution in [0.15, 0.2) is 54.6 Å². The van der Waals surface area contributed by atoms with E-state index < -0.39 is 28.8 Å². The summed E-state index contributed by atoms with van der Waals surface area (Å²) >= 11 is 0. The molecule has 154 valence electrons. The molecule has 0 aliphatic rings. The van der Waals surface area contributed by atoms with Crippen LogP contribution in [-0.2, 0) is 16.0 Å². The molecule has 0 saturated carbocycles. The van der Waals surface area contributed by atoms with Crippen LogP contribution < -0.4 is 16.4 Å². The number of amides is 2. The Morgan fingerprint density at radius 2 is 1.69 bits per heavy atom. The van der Waals surface area contributed by atoms with E-state index in [1.165, 1.54) is 24.3 Å². The zero-order chi connectivity index (χ0) is 21.4. The maximum atomic E-state index is 12.7. The number of non-ortho nitro benzene ring substituents is 1. The molecule has 2 aromatic rings. The molecule has 0 heterocycles. The highest BCUT2D eigenvalue weighted by molar-refractivity contribution is 5.98. The van der Waals surface area contributed by atoms with Crippen LogP contribution in [0, 0.1) is 16.0 Å². The third-order valence-electron chi connectivity index (χ3n) is 4.77. The van der Waals surface area contributed by atoms with E-state index in [0.717, 1.165) is 5.56 Å². The van der Waals surface area contributed by atoms with Gasteiger partial charge in [0.05, 0.1) is 11.0 Å². The van der Waals surface area contributed by atoms with Crippen molar-refractivity contribution in [2.24, 2.45) is 11.7 Å². The number of carbonyl (C=O) groups excluding carboxylic acids is 2. The lowest BCUT2D eigenvalue weighted by atomic mass is 9.97. The van der Waals surface area contributed by atoms with Crippen LogP contribution in [0.4, 0.5) is 11.4 Å². The summed E-state index contributed by atoms with van der Waals surface area (Å²) in [6.07, 6.45) is 1.04. The van der Waals surface area contributed by atoms with Crippen molar-refractivity contribution in [3.05, 3.63) is 70.3 Å². The van der Waals surface area contributed by atoms with Crippen molar-refractivity contribution in [1.29, 1.82) is 0 Å². The van der Waals surface area contributed by atoms with Crippen molar-refractivity contribution in [2.45, 2.75) is 38.8 Å². The molecule has 0 bridgehead atoms. The summed E-state index contributed by atoms with van der Waals surface area (Å²) in [5, 5.41) is 16.2. The van der Waals surface area contributed by atoms with Gasteiger partial charge in [0.15, 0.2) is 0 Å². The first kappa shape index (κ1) is 22.0. The van der Waals surface area contributed by atoms with Crippen LogP contribution >= 0.6 is 0 Å². The van der Waals surface area contributed by atoms with Crippen LogP contribution in [0.1, 0.15) is 25.8 Å². The van der Waals surface area contributed by atoms with Gasteiger partial charge in [-0.1, -0.05) is 50.6 Å². The van der Waals surface area contributed by atoms with Crippen LogP contribution in [0.5, 0.6) is 0 Å². The van der Waals surface area contributed by atoms with Crippen molar-refractivity contribution >= 4 is 23.2 Å². The number of anilines is 1. The average Bonchev–Trinajstić information content (AvgIpc) is 2.72. The Bertz CT molecular complexity index is 840. The molecule has 2 rings (SSSR count). The molecule has 4 N–H and O–H groups in total. The van der Waals surface area contributed by atoms with Gasteiger partial charge in [-0.25, -0.2) is 0 Å². The molecule has 0 aromatic heterocycles. The summed E-state index contributed by atoms with van der Waals surface area (Å²) in [5.41, 5.74) is 7.31. The molecule has 0 aliphatic carbocycles. The molecule has 0 saturated heterocycles. The van der Waals surface area contributed by atoms with E-state index in [1.807, 2.05) is 44.2 Å². The number of nitro benzene ring substituents is 1. The van der Waals surface area contributed by atoms with Crippen LogP contribution in [0.25, 0.3) is 0 Å². The zero-order valence-electron chi connectivity index (χ0n) is 16.5. The third kappa shape index (κ3) is 6.39.